The summed E-state index contributed by atoms with van der Waals surface area (Å²) in [6, 6.07) is 1.70. The van der Waals surface area contributed by atoms with Crippen molar-refractivity contribution < 1.29 is 9.90 Å². The molecule has 0 saturated carbocycles. The standard InChI is InChI=1S/C14H18N4O2/c1-2-18-11(14(19)20)8-10-12(15-9-16-13(10)18)17-6-4-3-5-7-17/h8-9H,2-7H2,1H3,(H,19,20). The number of nitrogens with zero attached hydrogens (tertiary/aromatic N) is 4. The van der Waals surface area contributed by atoms with Crippen LogP contribution in [0.25, 0.3) is 11.0 Å². The second-order valence-electron chi connectivity index (χ2n) is 5.06. The summed E-state index contributed by atoms with van der Waals surface area (Å²) in [5.41, 5.74) is 0.988. The fourth-order valence-corrected chi connectivity index (χ4v) is 2.91. The van der Waals surface area contributed by atoms with Crippen LogP contribution < -0.4 is 4.90 Å². The van der Waals surface area contributed by atoms with Gasteiger partial charge in [-0.05, 0) is 32.3 Å². The van der Waals surface area contributed by atoms with Crippen LogP contribution in [0.3, 0.4) is 0 Å². The summed E-state index contributed by atoms with van der Waals surface area (Å²) in [6.45, 7) is 4.47. The van der Waals surface area contributed by atoms with Gasteiger partial charge in [-0.25, -0.2) is 14.8 Å². The Hall–Kier alpha value is -2.11. The minimum atomic E-state index is -0.922. The van der Waals surface area contributed by atoms with Crippen molar-refractivity contribution in [3.05, 3.63) is 18.1 Å². The number of fused-ring (bicyclic) bond motifs is 1. The molecule has 2 aromatic heterocycles. The van der Waals surface area contributed by atoms with Crippen LogP contribution in [0.5, 0.6) is 0 Å². The van der Waals surface area contributed by atoms with Crippen molar-refractivity contribution in [2.45, 2.75) is 32.7 Å². The van der Waals surface area contributed by atoms with Gasteiger partial charge in [0.15, 0.2) is 0 Å². The average molecular weight is 274 g/mol. The van der Waals surface area contributed by atoms with Gasteiger partial charge in [-0.2, -0.15) is 0 Å². The molecule has 1 fully saturated rings. The lowest BCUT2D eigenvalue weighted by atomic mass is 10.1. The monoisotopic (exact) mass is 274 g/mol. The van der Waals surface area contributed by atoms with Gasteiger partial charge in [-0.1, -0.05) is 0 Å². The zero-order valence-electron chi connectivity index (χ0n) is 11.5. The molecular formula is C14H18N4O2. The van der Waals surface area contributed by atoms with E-state index in [0.29, 0.717) is 12.2 Å². The Labute approximate surface area is 117 Å². The fraction of sp³-hybridized carbons (Fsp3) is 0.500. The first-order chi connectivity index (χ1) is 9.72. The number of carboxylic acids is 1. The molecule has 1 saturated heterocycles. The van der Waals surface area contributed by atoms with E-state index >= 15 is 0 Å². The lowest BCUT2D eigenvalue weighted by molar-refractivity contribution is 0.0686. The lowest BCUT2D eigenvalue weighted by Gasteiger charge is -2.27. The molecule has 0 radical (unpaired) electrons. The summed E-state index contributed by atoms with van der Waals surface area (Å²) in [6.07, 6.45) is 5.10. The zero-order chi connectivity index (χ0) is 14.1. The fourth-order valence-electron chi connectivity index (χ4n) is 2.91. The average Bonchev–Trinajstić information content (AvgIpc) is 2.86. The molecule has 3 heterocycles. The van der Waals surface area contributed by atoms with E-state index in [1.807, 2.05) is 6.92 Å². The molecule has 0 atom stereocenters. The van der Waals surface area contributed by atoms with Crippen LogP contribution in [0.15, 0.2) is 12.4 Å². The Bertz CT molecular complexity index is 644. The maximum atomic E-state index is 11.4. The van der Waals surface area contributed by atoms with Crippen molar-refractivity contribution in [1.29, 1.82) is 0 Å². The third-order valence-corrected chi connectivity index (χ3v) is 3.86. The number of piperidine rings is 1. The Morgan fingerprint density at radius 2 is 2.05 bits per heavy atom. The highest BCUT2D eigenvalue weighted by atomic mass is 16.4. The maximum absolute atomic E-state index is 11.4. The minimum absolute atomic E-state index is 0.279. The molecule has 20 heavy (non-hydrogen) atoms. The first-order valence-corrected chi connectivity index (χ1v) is 7.05. The van der Waals surface area contributed by atoms with E-state index in [0.717, 1.165) is 37.1 Å². The largest absolute Gasteiger partial charge is 0.477 e. The molecule has 0 aromatic carbocycles. The van der Waals surface area contributed by atoms with Gasteiger partial charge >= 0.3 is 5.97 Å². The van der Waals surface area contributed by atoms with Crippen LogP contribution in [0.2, 0.25) is 0 Å². The van der Waals surface area contributed by atoms with E-state index in [-0.39, 0.29) is 5.69 Å². The summed E-state index contributed by atoms with van der Waals surface area (Å²) in [7, 11) is 0. The normalized spacial score (nSPS) is 15.8. The number of aryl methyl sites for hydroxylation is 1. The number of rotatable bonds is 3. The highest BCUT2D eigenvalue weighted by Crippen LogP contribution is 2.28. The van der Waals surface area contributed by atoms with Crippen LogP contribution in [0.1, 0.15) is 36.7 Å². The van der Waals surface area contributed by atoms with Gasteiger partial charge in [0.25, 0.3) is 0 Å². The molecule has 0 spiro atoms. The Balaban J connectivity index is 2.16. The topological polar surface area (TPSA) is 71.2 Å². The van der Waals surface area contributed by atoms with Crippen LogP contribution in [-0.4, -0.2) is 38.7 Å². The molecule has 0 bridgehead atoms. The van der Waals surface area contributed by atoms with Gasteiger partial charge < -0.3 is 14.6 Å². The quantitative estimate of drug-likeness (QED) is 0.928. The van der Waals surface area contributed by atoms with E-state index < -0.39 is 5.97 Å². The first kappa shape index (κ1) is 12.9. The molecule has 6 heteroatoms. The van der Waals surface area contributed by atoms with Crippen LogP contribution in [0.4, 0.5) is 5.82 Å². The van der Waals surface area contributed by atoms with Crippen molar-refractivity contribution in [1.82, 2.24) is 14.5 Å². The Kier molecular flexibility index (Phi) is 3.30. The van der Waals surface area contributed by atoms with Gasteiger partial charge in [0, 0.05) is 19.6 Å². The third kappa shape index (κ3) is 2.01. The van der Waals surface area contributed by atoms with Gasteiger partial charge in [-0.3, -0.25) is 0 Å². The zero-order valence-corrected chi connectivity index (χ0v) is 11.5. The lowest BCUT2D eigenvalue weighted by Crippen LogP contribution is -2.30. The van der Waals surface area contributed by atoms with E-state index in [2.05, 4.69) is 14.9 Å². The summed E-state index contributed by atoms with van der Waals surface area (Å²) in [4.78, 5) is 22.3. The number of aromatic carboxylic acids is 1. The molecule has 1 aliphatic rings. The van der Waals surface area contributed by atoms with E-state index in [1.54, 1.807) is 10.6 Å². The molecule has 0 aliphatic carbocycles. The predicted octanol–water partition coefficient (Wildman–Crippen LogP) is 2.14. The number of hydrogen-bond donors (Lipinski definition) is 1. The van der Waals surface area contributed by atoms with E-state index in [1.165, 1.54) is 12.7 Å². The number of carboxylic acid groups (broad SMARTS) is 1. The van der Waals surface area contributed by atoms with Gasteiger partial charge in [0.2, 0.25) is 0 Å². The maximum Gasteiger partial charge on any atom is 0.352 e. The SMILES string of the molecule is CCn1c(C(=O)O)cc2c(N3CCCCC3)ncnc21. The molecule has 106 valence electrons. The molecular weight excluding hydrogens is 256 g/mol. The second kappa shape index (κ2) is 5.11. The van der Waals surface area contributed by atoms with Crippen molar-refractivity contribution in [2.24, 2.45) is 0 Å². The van der Waals surface area contributed by atoms with Crippen LogP contribution >= 0.6 is 0 Å². The van der Waals surface area contributed by atoms with Crippen molar-refractivity contribution in [3.8, 4) is 0 Å². The summed E-state index contributed by atoms with van der Waals surface area (Å²) >= 11 is 0. The van der Waals surface area contributed by atoms with E-state index in [9.17, 15) is 9.90 Å². The first-order valence-electron chi connectivity index (χ1n) is 7.05. The van der Waals surface area contributed by atoms with Gasteiger partial charge in [0.05, 0.1) is 5.39 Å². The van der Waals surface area contributed by atoms with Crippen molar-refractivity contribution in [2.75, 3.05) is 18.0 Å². The molecule has 2 aromatic rings. The van der Waals surface area contributed by atoms with Gasteiger partial charge in [0.1, 0.15) is 23.5 Å². The molecule has 0 amide bonds. The van der Waals surface area contributed by atoms with E-state index in [4.69, 9.17) is 0 Å². The summed E-state index contributed by atoms with van der Waals surface area (Å²) in [5.74, 6) is -0.0566. The second-order valence-corrected chi connectivity index (χ2v) is 5.06. The Morgan fingerprint density at radius 3 is 2.70 bits per heavy atom. The summed E-state index contributed by atoms with van der Waals surface area (Å²) < 4.78 is 1.73. The smallest absolute Gasteiger partial charge is 0.352 e. The number of anilines is 1. The highest BCUT2D eigenvalue weighted by Gasteiger charge is 2.21. The molecule has 6 nitrogen and oxygen atoms in total. The number of aromatic nitrogens is 3. The molecule has 0 unspecified atom stereocenters. The number of hydrogen-bond acceptors (Lipinski definition) is 4. The molecule has 3 rings (SSSR count). The van der Waals surface area contributed by atoms with Gasteiger partial charge in [-0.15, -0.1) is 0 Å². The summed E-state index contributed by atoms with van der Waals surface area (Å²) in [5, 5.41) is 10.2. The Morgan fingerprint density at radius 1 is 1.30 bits per heavy atom. The van der Waals surface area contributed by atoms with Crippen LogP contribution in [-0.2, 0) is 6.54 Å². The van der Waals surface area contributed by atoms with Crippen molar-refractivity contribution >= 4 is 22.8 Å². The van der Waals surface area contributed by atoms with Crippen LogP contribution in [0, 0.1) is 0 Å². The minimum Gasteiger partial charge on any atom is -0.477 e. The highest BCUT2D eigenvalue weighted by molar-refractivity contribution is 5.97. The molecule has 1 N–H and O–H groups in total. The van der Waals surface area contributed by atoms with Crippen molar-refractivity contribution in [3.63, 3.8) is 0 Å². The predicted molar refractivity (Wildman–Crippen MR) is 76.2 cm³/mol. The number of carbonyl (C=O) groups is 1. The third-order valence-electron chi connectivity index (χ3n) is 3.86. The molecule has 1 aliphatic heterocycles.